The van der Waals surface area contributed by atoms with Crippen molar-refractivity contribution in [1.82, 2.24) is 15.1 Å². The summed E-state index contributed by atoms with van der Waals surface area (Å²) < 4.78 is 5.65. The molecule has 0 radical (unpaired) electrons. The van der Waals surface area contributed by atoms with Crippen molar-refractivity contribution in [3.05, 3.63) is 0 Å². The van der Waals surface area contributed by atoms with Crippen molar-refractivity contribution in [2.45, 2.75) is 26.8 Å². The van der Waals surface area contributed by atoms with Crippen LogP contribution in [0, 0.1) is 11.8 Å². The van der Waals surface area contributed by atoms with Crippen LogP contribution in [0.3, 0.4) is 0 Å². The highest BCUT2D eigenvalue weighted by atomic mass is 16.5. The molecule has 19 heavy (non-hydrogen) atoms. The second kappa shape index (κ2) is 8.90. The molecule has 1 heterocycles. The molecule has 0 aromatic carbocycles. The van der Waals surface area contributed by atoms with Gasteiger partial charge in [0.25, 0.3) is 0 Å². The first-order chi connectivity index (χ1) is 9.02. The Balaban J connectivity index is 2.45. The Labute approximate surface area is 119 Å². The summed E-state index contributed by atoms with van der Waals surface area (Å²) >= 11 is 0. The maximum atomic E-state index is 5.65. The molecule has 1 N–H and O–H groups in total. The Morgan fingerprint density at radius 2 is 1.95 bits per heavy atom. The van der Waals surface area contributed by atoms with Crippen LogP contribution >= 0.6 is 0 Å². The Bertz CT molecular complexity index is 233. The van der Waals surface area contributed by atoms with E-state index in [0.717, 1.165) is 45.3 Å². The van der Waals surface area contributed by atoms with Crippen LogP contribution in [-0.2, 0) is 4.74 Å². The normalized spacial score (nSPS) is 24.0. The zero-order chi connectivity index (χ0) is 14.3. The van der Waals surface area contributed by atoms with Crippen molar-refractivity contribution in [1.29, 1.82) is 0 Å². The Hall–Kier alpha value is -0.160. The van der Waals surface area contributed by atoms with Gasteiger partial charge in [-0.1, -0.05) is 20.8 Å². The van der Waals surface area contributed by atoms with Gasteiger partial charge in [0.15, 0.2) is 0 Å². The van der Waals surface area contributed by atoms with Crippen LogP contribution in [0.15, 0.2) is 0 Å². The molecule has 0 amide bonds. The van der Waals surface area contributed by atoms with Crippen molar-refractivity contribution >= 4 is 0 Å². The van der Waals surface area contributed by atoms with E-state index in [1.54, 1.807) is 0 Å². The molecular weight excluding hydrogens is 238 g/mol. The number of hydrogen-bond donors (Lipinski definition) is 1. The van der Waals surface area contributed by atoms with Gasteiger partial charge in [-0.05, 0) is 26.6 Å². The van der Waals surface area contributed by atoms with Gasteiger partial charge in [-0.3, -0.25) is 0 Å². The molecule has 0 saturated carbocycles. The topological polar surface area (TPSA) is 27.7 Å². The minimum absolute atomic E-state index is 0.541. The zero-order valence-electron chi connectivity index (χ0n) is 13.5. The predicted octanol–water partition coefficient (Wildman–Crippen LogP) is 1.13. The monoisotopic (exact) mass is 271 g/mol. The van der Waals surface area contributed by atoms with Gasteiger partial charge in [0.05, 0.1) is 13.2 Å². The lowest BCUT2D eigenvalue weighted by Crippen LogP contribution is -2.44. The Kier molecular flexibility index (Phi) is 7.91. The van der Waals surface area contributed by atoms with Crippen molar-refractivity contribution in [2.75, 3.05) is 60.0 Å². The molecular formula is C15H33N3O. The number of likely N-dealkylation sites (N-methyl/N-ethyl adjacent to an activating group) is 2. The smallest absolute Gasteiger partial charge is 0.0623 e. The van der Waals surface area contributed by atoms with Crippen LogP contribution < -0.4 is 5.32 Å². The lowest BCUT2D eigenvalue weighted by atomic mass is 10.0. The van der Waals surface area contributed by atoms with Gasteiger partial charge in [-0.15, -0.1) is 0 Å². The van der Waals surface area contributed by atoms with Crippen molar-refractivity contribution in [3.8, 4) is 0 Å². The third-order valence-corrected chi connectivity index (χ3v) is 3.64. The molecule has 2 unspecified atom stereocenters. The van der Waals surface area contributed by atoms with E-state index in [-0.39, 0.29) is 0 Å². The van der Waals surface area contributed by atoms with E-state index in [9.17, 15) is 0 Å². The maximum absolute atomic E-state index is 5.65. The SMILES string of the molecule is CCNC1COCC1CN(CCN(C)C)CC(C)C. The van der Waals surface area contributed by atoms with Gasteiger partial charge < -0.3 is 19.9 Å². The number of nitrogens with zero attached hydrogens (tertiary/aromatic N) is 2. The van der Waals surface area contributed by atoms with Crippen LogP contribution in [0.25, 0.3) is 0 Å². The average molecular weight is 271 g/mol. The van der Waals surface area contributed by atoms with Crippen molar-refractivity contribution < 1.29 is 4.74 Å². The summed E-state index contributed by atoms with van der Waals surface area (Å²) in [6.07, 6.45) is 0. The molecule has 1 aliphatic heterocycles. The number of hydrogen-bond acceptors (Lipinski definition) is 4. The van der Waals surface area contributed by atoms with Gasteiger partial charge in [-0.25, -0.2) is 0 Å². The molecule has 2 atom stereocenters. The van der Waals surface area contributed by atoms with Crippen LogP contribution in [0.1, 0.15) is 20.8 Å². The fourth-order valence-electron chi connectivity index (χ4n) is 2.71. The molecule has 114 valence electrons. The van der Waals surface area contributed by atoms with E-state index in [1.165, 1.54) is 6.54 Å². The molecule has 0 aromatic rings. The highest BCUT2D eigenvalue weighted by Crippen LogP contribution is 2.16. The molecule has 0 aliphatic carbocycles. The number of nitrogens with one attached hydrogen (secondary N) is 1. The third kappa shape index (κ3) is 6.70. The minimum atomic E-state index is 0.541. The molecule has 4 heteroatoms. The van der Waals surface area contributed by atoms with Crippen LogP contribution in [-0.4, -0.2) is 75.9 Å². The van der Waals surface area contributed by atoms with E-state index in [2.05, 4.69) is 50.0 Å². The standard InChI is InChI=1S/C15H33N3O/c1-6-16-15-12-19-11-14(15)10-18(9-13(2)3)8-7-17(4)5/h13-16H,6-12H2,1-5H3. The van der Waals surface area contributed by atoms with Crippen LogP contribution in [0.2, 0.25) is 0 Å². The molecule has 0 bridgehead atoms. The zero-order valence-corrected chi connectivity index (χ0v) is 13.5. The average Bonchev–Trinajstić information content (AvgIpc) is 2.73. The van der Waals surface area contributed by atoms with E-state index in [1.807, 2.05) is 0 Å². The highest BCUT2D eigenvalue weighted by Gasteiger charge is 2.29. The largest absolute Gasteiger partial charge is 0.379 e. The molecule has 1 aliphatic rings. The number of ether oxygens (including phenoxy) is 1. The molecule has 0 aromatic heterocycles. The lowest BCUT2D eigenvalue weighted by molar-refractivity contribution is 0.155. The molecule has 1 fully saturated rings. The summed E-state index contributed by atoms with van der Waals surface area (Å²) in [5.41, 5.74) is 0. The third-order valence-electron chi connectivity index (χ3n) is 3.64. The van der Waals surface area contributed by atoms with Gasteiger partial charge in [0.1, 0.15) is 0 Å². The van der Waals surface area contributed by atoms with Crippen molar-refractivity contribution in [2.24, 2.45) is 11.8 Å². The fraction of sp³-hybridized carbons (Fsp3) is 1.00. The Morgan fingerprint density at radius 1 is 1.21 bits per heavy atom. The fourth-order valence-corrected chi connectivity index (χ4v) is 2.71. The van der Waals surface area contributed by atoms with Gasteiger partial charge in [-0.2, -0.15) is 0 Å². The van der Waals surface area contributed by atoms with Gasteiger partial charge in [0.2, 0.25) is 0 Å². The second-order valence-corrected chi connectivity index (χ2v) is 6.42. The molecule has 1 saturated heterocycles. The van der Waals surface area contributed by atoms with Crippen LogP contribution in [0.4, 0.5) is 0 Å². The predicted molar refractivity (Wildman–Crippen MR) is 81.6 cm³/mol. The molecule has 0 spiro atoms. The quantitative estimate of drug-likeness (QED) is 0.680. The lowest BCUT2D eigenvalue weighted by Gasteiger charge is -2.30. The summed E-state index contributed by atoms with van der Waals surface area (Å²) in [5.74, 6) is 1.36. The van der Waals surface area contributed by atoms with Crippen molar-refractivity contribution in [3.63, 3.8) is 0 Å². The first kappa shape index (κ1) is 16.9. The number of rotatable bonds is 9. The van der Waals surface area contributed by atoms with Gasteiger partial charge in [0, 0.05) is 38.1 Å². The van der Waals surface area contributed by atoms with Crippen LogP contribution in [0.5, 0.6) is 0 Å². The van der Waals surface area contributed by atoms with Gasteiger partial charge >= 0.3 is 0 Å². The van der Waals surface area contributed by atoms with E-state index >= 15 is 0 Å². The summed E-state index contributed by atoms with van der Waals surface area (Å²) in [5, 5.41) is 3.56. The first-order valence-corrected chi connectivity index (χ1v) is 7.71. The summed E-state index contributed by atoms with van der Waals surface area (Å²) in [6, 6.07) is 0.541. The Morgan fingerprint density at radius 3 is 2.53 bits per heavy atom. The summed E-state index contributed by atoms with van der Waals surface area (Å²) in [6.45, 7) is 14.2. The highest BCUT2D eigenvalue weighted by molar-refractivity contribution is 4.83. The summed E-state index contributed by atoms with van der Waals surface area (Å²) in [4.78, 5) is 4.87. The van der Waals surface area contributed by atoms with E-state index in [4.69, 9.17) is 4.74 Å². The maximum Gasteiger partial charge on any atom is 0.0623 e. The minimum Gasteiger partial charge on any atom is -0.379 e. The van der Waals surface area contributed by atoms with E-state index < -0.39 is 0 Å². The van der Waals surface area contributed by atoms with E-state index in [0.29, 0.717) is 12.0 Å². The molecule has 4 nitrogen and oxygen atoms in total. The summed E-state index contributed by atoms with van der Waals surface area (Å²) in [7, 11) is 4.29. The second-order valence-electron chi connectivity index (χ2n) is 6.42. The first-order valence-electron chi connectivity index (χ1n) is 7.71. The molecule has 1 rings (SSSR count).